The average Bonchev–Trinajstić information content (AvgIpc) is 3.04. The molecule has 0 aromatic heterocycles. The maximum atomic E-state index is 13.3. The van der Waals surface area contributed by atoms with E-state index in [2.05, 4.69) is 21.3 Å². The molecule has 48 heavy (non-hydrogen) atoms. The molecule has 0 aliphatic heterocycles. The molecule has 0 atom stereocenters. The number of nitrogens with one attached hydrogen (secondary N) is 4. The van der Waals surface area contributed by atoms with Crippen LogP contribution in [-0.4, -0.2) is 72.7 Å². The van der Waals surface area contributed by atoms with Crippen LogP contribution < -0.4 is 21.3 Å². The van der Waals surface area contributed by atoms with Gasteiger partial charge in [0.05, 0.1) is 26.2 Å². The molecule has 10 nitrogen and oxygen atoms in total. The summed E-state index contributed by atoms with van der Waals surface area (Å²) in [5.74, 6) is -4.04. The molecule has 4 aromatic rings. The van der Waals surface area contributed by atoms with E-state index in [1.54, 1.807) is 0 Å². The summed E-state index contributed by atoms with van der Waals surface area (Å²) in [6, 6.07) is 20.4. The maximum absolute atomic E-state index is 13.3. The normalized spacial score (nSPS) is 10.9. The molecule has 0 aliphatic rings. The van der Waals surface area contributed by atoms with E-state index < -0.39 is 46.9 Å². The molecule has 0 saturated carbocycles. The van der Waals surface area contributed by atoms with Gasteiger partial charge in [0.15, 0.2) is 0 Å². The van der Waals surface area contributed by atoms with Crippen molar-refractivity contribution in [1.29, 1.82) is 0 Å². The number of anilines is 4. The van der Waals surface area contributed by atoms with E-state index in [4.69, 9.17) is 0 Å². The summed E-state index contributed by atoms with van der Waals surface area (Å²) in [6.45, 7) is -1.17. The molecule has 14 heteroatoms. The first kappa shape index (κ1) is 35.3. The van der Waals surface area contributed by atoms with Gasteiger partial charge >= 0.3 is 0 Å². The summed E-state index contributed by atoms with van der Waals surface area (Å²) >= 11 is 0. The predicted octanol–water partition coefficient (Wildman–Crippen LogP) is 4.70. The second-order valence-electron chi connectivity index (χ2n) is 10.6. The number of carbonyl (C=O) groups is 4. The van der Waals surface area contributed by atoms with E-state index >= 15 is 0 Å². The quantitative estimate of drug-likeness (QED) is 0.137. The Labute approximate surface area is 273 Å². The number of amides is 4. The molecular weight excluding hydrogens is 632 g/mol. The van der Waals surface area contributed by atoms with Crippen LogP contribution in [0.1, 0.15) is 0 Å². The highest BCUT2D eigenvalue weighted by atomic mass is 19.1. The maximum Gasteiger partial charge on any atom is 0.238 e. The lowest BCUT2D eigenvalue weighted by Gasteiger charge is -2.26. The van der Waals surface area contributed by atoms with Crippen molar-refractivity contribution < 1.29 is 36.7 Å². The molecule has 0 fully saturated rings. The van der Waals surface area contributed by atoms with Crippen molar-refractivity contribution in [3.63, 3.8) is 0 Å². The second-order valence-corrected chi connectivity index (χ2v) is 10.6. The van der Waals surface area contributed by atoms with Crippen molar-refractivity contribution in [2.45, 2.75) is 0 Å². The summed E-state index contributed by atoms with van der Waals surface area (Å²) < 4.78 is 53.3. The van der Waals surface area contributed by atoms with Crippen LogP contribution in [0.3, 0.4) is 0 Å². The van der Waals surface area contributed by atoms with Gasteiger partial charge in [-0.15, -0.1) is 0 Å². The average molecular weight is 665 g/mol. The second kappa shape index (κ2) is 17.4. The number of halogens is 4. The van der Waals surface area contributed by atoms with Gasteiger partial charge in [-0.05, 0) is 97.1 Å². The molecular formula is C34H32F4N6O4. The summed E-state index contributed by atoms with van der Waals surface area (Å²) in [5, 5.41) is 10.5. The number of carbonyl (C=O) groups excluding carboxylic acids is 4. The zero-order valence-corrected chi connectivity index (χ0v) is 25.5. The molecule has 0 spiro atoms. The number of rotatable bonds is 15. The van der Waals surface area contributed by atoms with Gasteiger partial charge in [-0.1, -0.05) is 0 Å². The van der Waals surface area contributed by atoms with Crippen molar-refractivity contribution >= 4 is 46.4 Å². The third-order valence-corrected chi connectivity index (χ3v) is 6.71. The fraction of sp³-hybridized carbons (Fsp3) is 0.176. The third kappa shape index (κ3) is 12.3. The molecule has 0 aliphatic carbocycles. The Balaban J connectivity index is 1.46. The highest BCUT2D eigenvalue weighted by Crippen LogP contribution is 2.12. The van der Waals surface area contributed by atoms with Crippen molar-refractivity contribution in [1.82, 2.24) is 9.80 Å². The standard InChI is InChI=1S/C34H32F4N6O4/c35-23-1-9-27(10-2-23)39-31(45)19-43(20-32(46)40-28-11-3-24(36)4-12-28)17-18-44(21-33(47)41-29-13-5-25(37)6-14-29)22-34(48)42-30-15-7-26(38)8-16-30/h1-16H,17-22H2,(H,39,45)(H,40,46)(H,41,47)(H,42,48). The van der Waals surface area contributed by atoms with Crippen LogP contribution in [0, 0.1) is 23.3 Å². The summed E-state index contributed by atoms with van der Waals surface area (Å²) in [7, 11) is 0. The molecule has 0 unspecified atom stereocenters. The molecule has 4 N–H and O–H groups in total. The molecule has 4 rings (SSSR count). The van der Waals surface area contributed by atoms with Crippen LogP contribution in [0.25, 0.3) is 0 Å². The monoisotopic (exact) mass is 664 g/mol. The Morgan fingerprint density at radius 1 is 0.375 bits per heavy atom. The fourth-order valence-electron chi connectivity index (χ4n) is 4.46. The highest BCUT2D eigenvalue weighted by molar-refractivity contribution is 5.95. The van der Waals surface area contributed by atoms with Gasteiger partial charge in [0.2, 0.25) is 23.6 Å². The lowest BCUT2D eigenvalue weighted by molar-refractivity contribution is -0.123. The van der Waals surface area contributed by atoms with E-state index in [1.807, 2.05) is 0 Å². The Kier molecular flexibility index (Phi) is 12.7. The predicted molar refractivity (Wildman–Crippen MR) is 173 cm³/mol. The van der Waals surface area contributed by atoms with Crippen molar-refractivity contribution in [2.24, 2.45) is 0 Å². The van der Waals surface area contributed by atoms with Crippen LogP contribution in [0.15, 0.2) is 97.1 Å². The fourth-order valence-corrected chi connectivity index (χ4v) is 4.46. The Bertz CT molecular complexity index is 1440. The van der Waals surface area contributed by atoms with Crippen molar-refractivity contribution in [2.75, 3.05) is 60.5 Å². The minimum atomic E-state index is -0.522. The van der Waals surface area contributed by atoms with Gasteiger partial charge in [-0.3, -0.25) is 29.0 Å². The van der Waals surface area contributed by atoms with E-state index in [0.29, 0.717) is 22.7 Å². The zero-order chi connectivity index (χ0) is 34.5. The van der Waals surface area contributed by atoms with Gasteiger partial charge < -0.3 is 21.3 Å². The summed E-state index contributed by atoms with van der Waals surface area (Å²) in [5.41, 5.74) is 1.31. The minimum Gasteiger partial charge on any atom is -0.325 e. The minimum absolute atomic E-state index is 0.0152. The first-order chi connectivity index (χ1) is 23.0. The molecule has 4 aromatic carbocycles. The molecule has 0 bridgehead atoms. The van der Waals surface area contributed by atoms with E-state index in [1.165, 1.54) is 107 Å². The van der Waals surface area contributed by atoms with Gasteiger partial charge in [0.1, 0.15) is 23.3 Å². The molecule has 0 saturated heterocycles. The zero-order valence-electron chi connectivity index (χ0n) is 25.5. The number of nitrogens with zero attached hydrogens (tertiary/aromatic N) is 2. The highest BCUT2D eigenvalue weighted by Gasteiger charge is 2.20. The molecule has 0 heterocycles. The third-order valence-electron chi connectivity index (χ3n) is 6.71. The summed E-state index contributed by atoms with van der Waals surface area (Å²) in [4.78, 5) is 54.6. The van der Waals surface area contributed by atoms with Gasteiger partial charge in [0.25, 0.3) is 0 Å². The van der Waals surface area contributed by atoms with Crippen LogP contribution >= 0.6 is 0 Å². The number of benzene rings is 4. The first-order valence-corrected chi connectivity index (χ1v) is 14.7. The van der Waals surface area contributed by atoms with Gasteiger partial charge in [-0.2, -0.15) is 0 Å². The van der Waals surface area contributed by atoms with Crippen LogP contribution in [0.2, 0.25) is 0 Å². The van der Waals surface area contributed by atoms with Crippen molar-refractivity contribution in [3.8, 4) is 0 Å². The van der Waals surface area contributed by atoms with E-state index in [0.717, 1.165) is 0 Å². The Hall–Kier alpha value is -5.60. The van der Waals surface area contributed by atoms with E-state index in [9.17, 15) is 36.7 Å². The first-order valence-electron chi connectivity index (χ1n) is 14.7. The SMILES string of the molecule is O=C(CN(CCN(CC(=O)Nc1ccc(F)cc1)CC(=O)Nc1ccc(F)cc1)CC(=O)Nc1ccc(F)cc1)Nc1ccc(F)cc1. The van der Waals surface area contributed by atoms with Crippen LogP contribution in [-0.2, 0) is 19.2 Å². The molecule has 4 amide bonds. The van der Waals surface area contributed by atoms with E-state index in [-0.39, 0.29) is 39.3 Å². The Morgan fingerprint density at radius 3 is 0.750 bits per heavy atom. The topological polar surface area (TPSA) is 123 Å². The number of hydrogen-bond acceptors (Lipinski definition) is 6. The van der Waals surface area contributed by atoms with Gasteiger partial charge in [0, 0.05) is 35.8 Å². The lowest BCUT2D eigenvalue weighted by Crippen LogP contribution is -2.46. The van der Waals surface area contributed by atoms with Gasteiger partial charge in [-0.25, -0.2) is 17.6 Å². The van der Waals surface area contributed by atoms with Crippen LogP contribution in [0.4, 0.5) is 40.3 Å². The molecule has 0 radical (unpaired) electrons. The van der Waals surface area contributed by atoms with Crippen molar-refractivity contribution in [3.05, 3.63) is 120 Å². The molecule has 250 valence electrons. The van der Waals surface area contributed by atoms with Crippen LogP contribution in [0.5, 0.6) is 0 Å². The number of hydrogen-bond donors (Lipinski definition) is 4. The lowest BCUT2D eigenvalue weighted by atomic mass is 10.3. The summed E-state index contributed by atoms with van der Waals surface area (Å²) in [6.07, 6.45) is 0. The Morgan fingerprint density at radius 2 is 0.562 bits per heavy atom. The smallest absolute Gasteiger partial charge is 0.238 e. The largest absolute Gasteiger partial charge is 0.325 e.